The fraction of sp³-hybridized carbons (Fsp3) is 0.381. The molecule has 0 spiro atoms. The van der Waals surface area contributed by atoms with Crippen molar-refractivity contribution in [3.8, 4) is 5.69 Å². The van der Waals surface area contributed by atoms with E-state index in [1.165, 1.54) is 6.07 Å². The molecule has 1 amide bonds. The van der Waals surface area contributed by atoms with Gasteiger partial charge in [0.15, 0.2) is 0 Å². The van der Waals surface area contributed by atoms with Crippen LogP contribution in [0.4, 0.5) is 4.39 Å². The molecule has 0 N–H and O–H groups in total. The Morgan fingerprint density at radius 3 is 2.79 bits per heavy atom. The Bertz CT molecular complexity index is 1040. The number of rotatable bonds is 4. The van der Waals surface area contributed by atoms with Gasteiger partial charge in [-0.25, -0.2) is 9.07 Å². The largest absolute Gasteiger partial charge is 0.377 e. The van der Waals surface area contributed by atoms with Crippen molar-refractivity contribution in [3.63, 3.8) is 0 Å². The molecule has 0 aliphatic carbocycles. The highest BCUT2D eigenvalue weighted by molar-refractivity contribution is 5.79. The van der Waals surface area contributed by atoms with E-state index in [2.05, 4.69) is 10.3 Å². The van der Waals surface area contributed by atoms with Crippen molar-refractivity contribution >= 4 is 5.91 Å². The Balaban J connectivity index is 1.67. The first kappa shape index (κ1) is 19.3. The molecular formula is C21H23FN4O3. The predicted octanol–water partition coefficient (Wildman–Crippen LogP) is 3.07. The number of nitrogens with zero attached hydrogens (tertiary/aromatic N) is 4. The third-order valence-corrected chi connectivity index (χ3v) is 5.22. The second-order valence-corrected chi connectivity index (χ2v) is 7.23. The van der Waals surface area contributed by atoms with Gasteiger partial charge in [-0.3, -0.25) is 4.79 Å². The minimum absolute atomic E-state index is 0.0518. The molecule has 8 heteroatoms. The maximum absolute atomic E-state index is 14.3. The van der Waals surface area contributed by atoms with E-state index in [4.69, 9.17) is 9.26 Å². The third kappa shape index (κ3) is 3.67. The summed E-state index contributed by atoms with van der Waals surface area (Å²) < 4.78 is 26.7. The molecule has 4 rings (SSSR count). The number of para-hydroxylation sites is 1. The van der Waals surface area contributed by atoms with Crippen LogP contribution in [0.1, 0.15) is 34.4 Å². The van der Waals surface area contributed by atoms with E-state index < -0.39 is 0 Å². The molecule has 1 unspecified atom stereocenters. The van der Waals surface area contributed by atoms with Crippen molar-refractivity contribution in [2.24, 2.45) is 0 Å². The summed E-state index contributed by atoms with van der Waals surface area (Å²) in [6.07, 6.45) is 0.160. The van der Waals surface area contributed by atoms with Gasteiger partial charge in [0.05, 0.1) is 37.1 Å². The SMILES string of the molecule is Cc1cc(CC(=O)N2CCOCC2c2c(C)nn(-c3ccccc3F)c2C)no1. The first-order valence-corrected chi connectivity index (χ1v) is 9.56. The Labute approximate surface area is 168 Å². The van der Waals surface area contributed by atoms with Crippen LogP contribution in [0.15, 0.2) is 34.9 Å². The lowest BCUT2D eigenvalue weighted by Crippen LogP contribution is -2.44. The van der Waals surface area contributed by atoms with Crippen LogP contribution >= 0.6 is 0 Å². The topological polar surface area (TPSA) is 73.4 Å². The van der Waals surface area contributed by atoms with Crippen LogP contribution in [-0.2, 0) is 16.0 Å². The average Bonchev–Trinajstić information content (AvgIpc) is 3.24. The van der Waals surface area contributed by atoms with Gasteiger partial charge in [-0.2, -0.15) is 5.10 Å². The van der Waals surface area contributed by atoms with Gasteiger partial charge in [-0.15, -0.1) is 0 Å². The maximum Gasteiger partial charge on any atom is 0.229 e. The van der Waals surface area contributed by atoms with E-state index in [9.17, 15) is 9.18 Å². The number of aryl methyl sites for hydroxylation is 2. The minimum atomic E-state index is -0.348. The number of hydrogen-bond acceptors (Lipinski definition) is 5. The van der Waals surface area contributed by atoms with Gasteiger partial charge in [-0.1, -0.05) is 17.3 Å². The highest BCUT2D eigenvalue weighted by Crippen LogP contribution is 2.31. The zero-order valence-electron chi connectivity index (χ0n) is 16.7. The van der Waals surface area contributed by atoms with Gasteiger partial charge in [0.1, 0.15) is 17.3 Å². The summed E-state index contributed by atoms with van der Waals surface area (Å²) in [6.45, 7) is 6.87. The van der Waals surface area contributed by atoms with E-state index in [1.54, 1.807) is 40.8 Å². The number of benzene rings is 1. The van der Waals surface area contributed by atoms with Gasteiger partial charge in [-0.05, 0) is 32.9 Å². The van der Waals surface area contributed by atoms with E-state index >= 15 is 0 Å². The highest BCUT2D eigenvalue weighted by Gasteiger charge is 2.33. The van der Waals surface area contributed by atoms with E-state index in [1.807, 2.05) is 13.8 Å². The van der Waals surface area contributed by atoms with Gasteiger partial charge < -0.3 is 14.2 Å². The summed E-state index contributed by atoms with van der Waals surface area (Å²) in [4.78, 5) is 14.8. The summed E-state index contributed by atoms with van der Waals surface area (Å²) >= 11 is 0. The number of carbonyl (C=O) groups excluding carboxylic acids is 1. The lowest BCUT2D eigenvalue weighted by Gasteiger charge is -2.36. The standard InChI is InChI=1S/C21H23FN4O3/c1-13-10-16(24-29-13)11-20(27)25-8-9-28-12-19(25)21-14(2)23-26(15(21)3)18-7-5-4-6-17(18)22/h4-7,10,19H,8-9,11-12H2,1-3H3. The van der Waals surface area contributed by atoms with E-state index in [-0.39, 0.29) is 24.2 Å². The Morgan fingerprint density at radius 1 is 1.28 bits per heavy atom. The molecule has 2 aromatic heterocycles. The molecule has 1 saturated heterocycles. The normalized spacial score (nSPS) is 17.0. The molecule has 1 aliphatic heterocycles. The molecule has 152 valence electrons. The van der Waals surface area contributed by atoms with Crippen LogP contribution < -0.4 is 0 Å². The number of aromatic nitrogens is 3. The summed E-state index contributed by atoms with van der Waals surface area (Å²) in [5.74, 6) is 0.270. The second-order valence-electron chi connectivity index (χ2n) is 7.23. The van der Waals surface area contributed by atoms with Crippen molar-refractivity contribution in [1.82, 2.24) is 19.8 Å². The quantitative estimate of drug-likeness (QED) is 0.675. The number of hydrogen-bond donors (Lipinski definition) is 0. The lowest BCUT2D eigenvalue weighted by molar-refractivity contribution is -0.139. The van der Waals surface area contributed by atoms with Crippen molar-refractivity contribution in [2.75, 3.05) is 19.8 Å². The molecule has 3 heterocycles. The van der Waals surface area contributed by atoms with Crippen molar-refractivity contribution in [1.29, 1.82) is 0 Å². The molecule has 0 radical (unpaired) electrons. The zero-order chi connectivity index (χ0) is 20.5. The Hall–Kier alpha value is -3.00. The first-order valence-electron chi connectivity index (χ1n) is 9.56. The molecule has 1 fully saturated rings. The van der Waals surface area contributed by atoms with Crippen LogP contribution in [-0.4, -0.2) is 45.5 Å². The van der Waals surface area contributed by atoms with Crippen LogP contribution in [0.2, 0.25) is 0 Å². The molecule has 29 heavy (non-hydrogen) atoms. The fourth-order valence-corrected chi connectivity index (χ4v) is 3.89. The summed E-state index contributed by atoms with van der Waals surface area (Å²) in [5, 5.41) is 8.48. The third-order valence-electron chi connectivity index (χ3n) is 5.22. The molecular weight excluding hydrogens is 375 g/mol. The number of halogens is 1. The van der Waals surface area contributed by atoms with E-state index in [0.29, 0.717) is 36.9 Å². The zero-order valence-corrected chi connectivity index (χ0v) is 16.7. The number of amides is 1. The van der Waals surface area contributed by atoms with Crippen molar-refractivity contribution in [2.45, 2.75) is 33.2 Å². The molecule has 3 aromatic rings. The monoisotopic (exact) mass is 398 g/mol. The van der Waals surface area contributed by atoms with Gasteiger partial charge in [0.2, 0.25) is 5.91 Å². The van der Waals surface area contributed by atoms with Crippen LogP contribution in [0.3, 0.4) is 0 Å². The van der Waals surface area contributed by atoms with Gasteiger partial charge >= 0.3 is 0 Å². The molecule has 7 nitrogen and oxygen atoms in total. The van der Waals surface area contributed by atoms with Crippen LogP contribution in [0, 0.1) is 26.6 Å². The lowest BCUT2D eigenvalue weighted by atomic mass is 10.0. The Morgan fingerprint density at radius 2 is 2.07 bits per heavy atom. The number of carbonyl (C=O) groups is 1. The average molecular weight is 398 g/mol. The molecule has 0 bridgehead atoms. The van der Waals surface area contributed by atoms with E-state index in [0.717, 1.165) is 17.0 Å². The molecule has 1 atom stereocenters. The fourth-order valence-electron chi connectivity index (χ4n) is 3.89. The molecule has 1 aliphatic rings. The van der Waals surface area contributed by atoms with Gasteiger partial charge in [0, 0.05) is 23.9 Å². The Kier molecular flexibility index (Phi) is 5.19. The van der Waals surface area contributed by atoms with Gasteiger partial charge in [0.25, 0.3) is 0 Å². The maximum atomic E-state index is 14.3. The first-order chi connectivity index (χ1) is 14.0. The smallest absolute Gasteiger partial charge is 0.229 e. The van der Waals surface area contributed by atoms with Crippen molar-refractivity contribution < 1.29 is 18.4 Å². The predicted molar refractivity (Wildman–Crippen MR) is 103 cm³/mol. The molecule has 0 saturated carbocycles. The number of morpholine rings is 1. The van der Waals surface area contributed by atoms with Crippen LogP contribution in [0.5, 0.6) is 0 Å². The summed E-state index contributed by atoms with van der Waals surface area (Å²) in [7, 11) is 0. The highest BCUT2D eigenvalue weighted by atomic mass is 19.1. The molecule has 1 aromatic carbocycles. The number of ether oxygens (including phenoxy) is 1. The summed E-state index contributed by atoms with van der Waals surface area (Å²) in [5.41, 5.74) is 3.41. The summed E-state index contributed by atoms with van der Waals surface area (Å²) in [6, 6.07) is 7.99. The minimum Gasteiger partial charge on any atom is -0.377 e. The van der Waals surface area contributed by atoms with Crippen molar-refractivity contribution in [3.05, 3.63) is 64.6 Å². The second kappa shape index (κ2) is 7.79. The van der Waals surface area contributed by atoms with Crippen LogP contribution in [0.25, 0.3) is 5.69 Å².